The van der Waals surface area contributed by atoms with Gasteiger partial charge in [-0.3, -0.25) is 10.5 Å². The normalized spacial score (nSPS) is 11.8. The molecular formula is C20H43CaNO2. The molecule has 0 aromatic carbocycles. The van der Waals surface area contributed by atoms with E-state index in [1.807, 2.05) is 0 Å². The van der Waals surface area contributed by atoms with Crippen molar-refractivity contribution in [3.8, 4) is 0 Å². The molecule has 2 N–H and O–H groups in total. The number of unbranched alkanes of at least 4 members (excludes halogenated alkanes) is 14. The molecule has 3 nitrogen and oxygen atoms in total. The molecule has 0 radical (unpaired) electrons. The maximum absolute atomic E-state index is 10.7. The molecule has 1 unspecified atom stereocenters. The topological polar surface area (TPSA) is 52.3 Å². The zero-order valence-electron chi connectivity index (χ0n) is 18.5. The molecule has 142 valence electrons. The van der Waals surface area contributed by atoms with Crippen molar-refractivity contribution in [2.45, 2.75) is 123 Å². The van der Waals surface area contributed by atoms with Gasteiger partial charge in [-0.2, -0.15) is 0 Å². The average molecular weight is 370 g/mol. The number of esters is 1. The molecule has 0 spiro atoms. The van der Waals surface area contributed by atoms with E-state index < -0.39 is 6.23 Å². The van der Waals surface area contributed by atoms with Crippen molar-refractivity contribution < 1.29 is 12.4 Å². The molecule has 0 saturated heterocycles. The Hall–Kier alpha value is 0.690. The van der Waals surface area contributed by atoms with E-state index in [4.69, 9.17) is 10.5 Å². The molecule has 4 heteroatoms. The Morgan fingerprint density at radius 1 is 0.792 bits per heavy atom. The Kier molecular flexibility index (Phi) is 24.4. The number of rotatable bonds is 17. The van der Waals surface area contributed by atoms with Gasteiger partial charge in [0.2, 0.25) is 0 Å². The van der Waals surface area contributed by atoms with Crippen LogP contribution in [0.1, 0.15) is 119 Å². The van der Waals surface area contributed by atoms with Gasteiger partial charge >= 0.3 is 43.7 Å². The Labute approximate surface area is 183 Å². The minimum atomic E-state index is -0.408. The van der Waals surface area contributed by atoms with Gasteiger partial charge in [-0.1, -0.05) is 96.8 Å². The predicted octanol–water partition coefficient (Wildman–Crippen LogP) is 5.94. The zero-order valence-corrected chi connectivity index (χ0v) is 18.7. The summed E-state index contributed by atoms with van der Waals surface area (Å²) in [5.41, 5.74) is 5.69. The third kappa shape index (κ3) is 22.7. The van der Waals surface area contributed by atoms with Crippen molar-refractivity contribution in [1.29, 1.82) is 0 Å². The molecular weight excluding hydrogens is 326 g/mol. The van der Waals surface area contributed by atoms with Crippen LogP contribution in [0.2, 0.25) is 0 Å². The van der Waals surface area contributed by atoms with Crippen LogP contribution >= 0.6 is 0 Å². The van der Waals surface area contributed by atoms with Crippen LogP contribution in [0.25, 0.3) is 0 Å². The standard InChI is InChI=1S/C20H41NO2.Ca.2H/c1-3-4-5-6-7-8-9-10-11-12-13-14-15-16-17-18-20(21)23-19(2)22;;;/h20H,3-18,21H2,1-2H3;;;/q;+2;2*-1. The van der Waals surface area contributed by atoms with Gasteiger partial charge in [0.05, 0.1) is 0 Å². The maximum atomic E-state index is 10.7. The molecule has 1 atom stereocenters. The van der Waals surface area contributed by atoms with E-state index in [-0.39, 0.29) is 46.6 Å². The molecule has 0 aromatic rings. The van der Waals surface area contributed by atoms with Gasteiger partial charge in [-0.25, -0.2) is 0 Å². The summed E-state index contributed by atoms with van der Waals surface area (Å²) in [6, 6.07) is 0. The molecule has 0 amide bonds. The van der Waals surface area contributed by atoms with Gasteiger partial charge in [-0.15, -0.1) is 0 Å². The van der Waals surface area contributed by atoms with Crippen LogP contribution < -0.4 is 5.73 Å². The summed E-state index contributed by atoms with van der Waals surface area (Å²) in [7, 11) is 0. The summed E-state index contributed by atoms with van der Waals surface area (Å²) >= 11 is 0. The Bertz CT molecular complexity index is 272. The SMILES string of the molecule is CCCCCCCCCCCCCCCCCC(N)OC(C)=O.[Ca+2].[H-].[H-]. The van der Waals surface area contributed by atoms with Crippen molar-refractivity contribution in [2.75, 3.05) is 0 Å². The molecule has 0 aliphatic heterocycles. The van der Waals surface area contributed by atoms with Crippen LogP contribution in [0.5, 0.6) is 0 Å². The van der Waals surface area contributed by atoms with E-state index in [0.29, 0.717) is 0 Å². The van der Waals surface area contributed by atoms with Crippen molar-refractivity contribution >= 4 is 43.7 Å². The summed E-state index contributed by atoms with van der Waals surface area (Å²) in [6.45, 7) is 3.68. The monoisotopic (exact) mass is 369 g/mol. The third-order valence-corrected chi connectivity index (χ3v) is 4.41. The molecule has 24 heavy (non-hydrogen) atoms. The van der Waals surface area contributed by atoms with E-state index in [2.05, 4.69) is 6.92 Å². The van der Waals surface area contributed by atoms with Crippen molar-refractivity contribution in [1.82, 2.24) is 0 Å². The van der Waals surface area contributed by atoms with Gasteiger partial charge in [-0.05, 0) is 12.8 Å². The number of hydrogen-bond donors (Lipinski definition) is 1. The second-order valence-corrected chi connectivity index (χ2v) is 6.89. The molecule has 0 aromatic heterocycles. The molecule has 0 saturated carbocycles. The van der Waals surface area contributed by atoms with E-state index in [0.717, 1.165) is 12.8 Å². The number of nitrogens with two attached hydrogens (primary N) is 1. The molecule has 0 fully saturated rings. The van der Waals surface area contributed by atoms with E-state index >= 15 is 0 Å². The van der Waals surface area contributed by atoms with Crippen molar-refractivity contribution in [3.05, 3.63) is 0 Å². The second kappa shape index (κ2) is 21.7. The second-order valence-electron chi connectivity index (χ2n) is 6.89. The number of hydrogen-bond acceptors (Lipinski definition) is 3. The quantitative estimate of drug-likeness (QED) is 0.149. The zero-order chi connectivity index (χ0) is 17.2. The van der Waals surface area contributed by atoms with Crippen LogP contribution in [0.3, 0.4) is 0 Å². The van der Waals surface area contributed by atoms with E-state index in [9.17, 15) is 4.79 Å². The Morgan fingerprint density at radius 2 is 1.12 bits per heavy atom. The summed E-state index contributed by atoms with van der Waals surface area (Å²) in [4.78, 5) is 10.7. The number of carbonyl (C=O) groups is 1. The third-order valence-electron chi connectivity index (χ3n) is 4.41. The first-order valence-electron chi connectivity index (χ1n) is 10.1. The summed E-state index contributed by atoms with van der Waals surface area (Å²) in [5, 5.41) is 0. The molecule has 0 rings (SSSR count). The maximum Gasteiger partial charge on any atom is 2.00 e. The first-order valence-corrected chi connectivity index (χ1v) is 10.1. The summed E-state index contributed by atoms with van der Waals surface area (Å²) in [5.74, 6) is -0.279. The fraction of sp³-hybridized carbons (Fsp3) is 0.950. The van der Waals surface area contributed by atoms with Crippen LogP contribution in [-0.4, -0.2) is 49.9 Å². The summed E-state index contributed by atoms with van der Waals surface area (Å²) < 4.78 is 4.91. The minimum Gasteiger partial charge on any atom is -1.00 e. The molecule has 0 bridgehead atoms. The van der Waals surface area contributed by atoms with Crippen LogP contribution in [0, 0.1) is 0 Å². The predicted molar refractivity (Wildman–Crippen MR) is 107 cm³/mol. The smallest absolute Gasteiger partial charge is 1.00 e. The van der Waals surface area contributed by atoms with Gasteiger partial charge in [0.25, 0.3) is 0 Å². The van der Waals surface area contributed by atoms with Crippen molar-refractivity contribution in [2.24, 2.45) is 5.73 Å². The van der Waals surface area contributed by atoms with Crippen LogP contribution in [-0.2, 0) is 9.53 Å². The molecule has 0 aliphatic rings. The summed E-state index contributed by atoms with van der Waals surface area (Å²) in [6.07, 6.45) is 20.8. The molecule has 0 aliphatic carbocycles. The Balaban J connectivity index is -0.000000807. The number of carbonyl (C=O) groups excluding carboxylic acids is 1. The molecule has 0 heterocycles. The first-order chi connectivity index (χ1) is 11.2. The van der Waals surface area contributed by atoms with Crippen LogP contribution in [0.15, 0.2) is 0 Å². The van der Waals surface area contributed by atoms with Gasteiger partial charge in [0.15, 0.2) is 6.23 Å². The Morgan fingerprint density at radius 3 is 1.46 bits per heavy atom. The van der Waals surface area contributed by atoms with Gasteiger partial charge in [0.1, 0.15) is 0 Å². The fourth-order valence-corrected chi connectivity index (χ4v) is 2.99. The van der Waals surface area contributed by atoms with Gasteiger partial charge in [0, 0.05) is 6.92 Å². The number of ether oxygens (including phenoxy) is 1. The van der Waals surface area contributed by atoms with Gasteiger partial charge < -0.3 is 7.59 Å². The average Bonchev–Trinajstić information content (AvgIpc) is 2.50. The largest absolute Gasteiger partial charge is 2.00 e. The first kappa shape index (κ1) is 26.9. The van der Waals surface area contributed by atoms with Crippen molar-refractivity contribution in [3.63, 3.8) is 0 Å². The van der Waals surface area contributed by atoms with E-state index in [1.165, 1.54) is 96.8 Å². The minimum absolute atomic E-state index is 0. The fourth-order valence-electron chi connectivity index (χ4n) is 2.99. The van der Waals surface area contributed by atoms with Crippen LogP contribution in [0.4, 0.5) is 0 Å². The van der Waals surface area contributed by atoms with E-state index in [1.54, 1.807) is 0 Å².